The van der Waals surface area contributed by atoms with Gasteiger partial charge in [-0.25, -0.2) is 4.68 Å². The summed E-state index contributed by atoms with van der Waals surface area (Å²) in [5.41, 5.74) is 0. The summed E-state index contributed by atoms with van der Waals surface area (Å²) in [5.74, 6) is 0.896. The van der Waals surface area contributed by atoms with Crippen LogP contribution in [0, 0.1) is 0 Å². The Bertz CT molecular complexity index is 485. The fraction of sp³-hybridized carbons (Fsp3) is 0.778. The standard InChI is InChI=1S/C18H30N4O/c23-18(14-19-15-8-4-2-1-3-5-9-15)21-17-12-13-20-22(17)16-10-6-7-11-16/h12-13,15-16,19H,1-11,14H2,(H,21,23). The summed E-state index contributed by atoms with van der Waals surface area (Å²) >= 11 is 0. The largest absolute Gasteiger partial charge is 0.310 e. The van der Waals surface area contributed by atoms with Gasteiger partial charge in [-0.3, -0.25) is 4.79 Å². The molecule has 2 saturated carbocycles. The fourth-order valence-electron chi connectivity index (χ4n) is 3.94. The van der Waals surface area contributed by atoms with Crippen molar-refractivity contribution in [1.82, 2.24) is 15.1 Å². The summed E-state index contributed by atoms with van der Waals surface area (Å²) in [6.45, 7) is 0.403. The average molecular weight is 318 g/mol. The minimum Gasteiger partial charge on any atom is -0.310 e. The maximum Gasteiger partial charge on any atom is 0.239 e. The van der Waals surface area contributed by atoms with Crippen LogP contribution in [0.5, 0.6) is 0 Å². The molecule has 0 radical (unpaired) electrons. The molecule has 128 valence electrons. The van der Waals surface area contributed by atoms with Gasteiger partial charge in [-0.05, 0) is 25.7 Å². The number of nitrogens with one attached hydrogen (secondary N) is 2. The van der Waals surface area contributed by atoms with Crippen LogP contribution in [0.4, 0.5) is 5.82 Å². The molecule has 0 bridgehead atoms. The predicted octanol–water partition coefficient (Wildman–Crippen LogP) is 3.64. The second kappa shape index (κ2) is 8.48. The highest BCUT2D eigenvalue weighted by Gasteiger charge is 2.20. The Morgan fingerprint density at radius 3 is 2.43 bits per heavy atom. The lowest BCUT2D eigenvalue weighted by Crippen LogP contribution is -2.36. The second-order valence-electron chi connectivity index (χ2n) is 7.07. The van der Waals surface area contributed by atoms with Crippen LogP contribution in [-0.4, -0.2) is 28.3 Å². The Labute approximate surface area is 139 Å². The van der Waals surface area contributed by atoms with Gasteiger partial charge in [-0.15, -0.1) is 0 Å². The lowest BCUT2D eigenvalue weighted by atomic mass is 9.97. The van der Waals surface area contributed by atoms with Crippen molar-refractivity contribution < 1.29 is 4.79 Å². The Balaban J connectivity index is 1.46. The molecule has 1 amide bonds. The van der Waals surface area contributed by atoms with E-state index >= 15 is 0 Å². The van der Waals surface area contributed by atoms with E-state index in [1.54, 1.807) is 6.20 Å². The van der Waals surface area contributed by atoms with Crippen molar-refractivity contribution >= 4 is 11.7 Å². The third-order valence-corrected chi connectivity index (χ3v) is 5.26. The Morgan fingerprint density at radius 2 is 1.70 bits per heavy atom. The van der Waals surface area contributed by atoms with Crippen LogP contribution in [-0.2, 0) is 4.79 Å². The van der Waals surface area contributed by atoms with Crippen molar-refractivity contribution in [3.8, 4) is 0 Å². The summed E-state index contributed by atoms with van der Waals surface area (Å²) < 4.78 is 2.00. The van der Waals surface area contributed by atoms with E-state index in [-0.39, 0.29) is 5.91 Å². The number of hydrogen-bond donors (Lipinski definition) is 2. The van der Waals surface area contributed by atoms with Crippen LogP contribution < -0.4 is 10.6 Å². The predicted molar refractivity (Wildman–Crippen MR) is 92.5 cm³/mol. The van der Waals surface area contributed by atoms with Crippen molar-refractivity contribution in [2.45, 2.75) is 82.7 Å². The zero-order valence-corrected chi connectivity index (χ0v) is 14.1. The Kier molecular flexibility index (Phi) is 6.08. The zero-order chi connectivity index (χ0) is 15.9. The first kappa shape index (κ1) is 16.5. The zero-order valence-electron chi connectivity index (χ0n) is 14.1. The molecule has 0 atom stereocenters. The molecule has 1 heterocycles. The number of aromatic nitrogens is 2. The van der Waals surface area contributed by atoms with E-state index in [0.717, 1.165) is 5.82 Å². The average Bonchev–Trinajstić information content (AvgIpc) is 3.16. The Hall–Kier alpha value is -1.36. The molecular weight excluding hydrogens is 288 g/mol. The van der Waals surface area contributed by atoms with Crippen molar-refractivity contribution in [3.63, 3.8) is 0 Å². The van der Waals surface area contributed by atoms with E-state index in [9.17, 15) is 4.79 Å². The number of rotatable bonds is 5. The lowest BCUT2D eigenvalue weighted by molar-refractivity contribution is -0.115. The smallest absolute Gasteiger partial charge is 0.239 e. The van der Waals surface area contributed by atoms with Gasteiger partial charge >= 0.3 is 0 Å². The maximum atomic E-state index is 12.3. The lowest BCUT2D eigenvalue weighted by Gasteiger charge is -2.21. The van der Waals surface area contributed by atoms with Crippen LogP contribution in [0.15, 0.2) is 12.3 Å². The molecule has 2 aliphatic carbocycles. The van der Waals surface area contributed by atoms with E-state index < -0.39 is 0 Å². The SMILES string of the molecule is O=C(CNC1CCCCCCC1)Nc1ccnn1C1CCCC1. The van der Waals surface area contributed by atoms with Gasteiger partial charge in [0.05, 0.1) is 18.8 Å². The van der Waals surface area contributed by atoms with Gasteiger partial charge in [0.15, 0.2) is 0 Å². The van der Waals surface area contributed by atoms with Crippen molar-refractivity contribution in [2.75, 3.05) is 11.9 Å². The molecule has 1 aromatic rings. The highest BCUT2D eigenvalue weighted by molar-refractivity contribution is 5.91. The molecule has 5 nitrogen and oxygen atoms in total. The van der Waals surface area contributed by atoms with Gasteiger partial charge in [0.1, 0.15) is 5.82 Å². The quantitative estimate of drug-likeness (QED) is 0.871. The summed E-state index contributed by atoms with van der Waals surface area (Å²) in [6, 6.07) is 2.87. The van der Waals surface area contributed by atoms with E-state index in [4.69, 9.17) is 0 Å². The van der Waals surface area contributed by atoms with Gasteiger partial charge in [0, 0.05) is 12.1 Å². The molecule has 0 unspecified atom stereocenters. The monoisotopic (exact) mass is 318 g/mol. The normalized spacial score (nSPS) is 21.0. The molecule has 3 rings (SSSR count). The molecule has 0 aromatic carbocycles. The minimum absolute atomic E-state index is 0.0480. The fourth-order valence-corrected chi connectivity index (χ4v) is 3.94. The van der Waals surface area contributed by atoms with Crippen molar-refractivity contribution in [2.24, 2.45) is 0 Å². The van der Waals surface area contributed by atoms with Crippen molar-refractivity contribution in [1.29, 1.82) is 0 Å². The molecular formula is C18H30N4O. The molecule has 5 heteroatoms. The third kappa shape index (κ3) is 4.80. The summed E-state index contributed by atoms with van der Waals surface area (Å²) in [4.78, 5) is 12.3. The molecule has 1 aromatic heterocycles. The molecule has 0 saturated heterocycles. The van der Waals surface area contributed by atoms with Crippen LogP contribution in [0.2, 0.25) is 0 Å². The number of carbonyl (C=O) groups is 1. The van der Waals surface area contributed by atoms with Crippen molar-refractivity contribution in [3.05, 3.63) is 12.3 Å². The molecule has 0 aliphatic heterocycles. The number of nitrogens with zero attached hydrogens (tertiary/aromatic N) is 2. The number of anilines is 1. The molecule has 2 aliphatic rings. The number of carbonyl (C=O) groups excluding carboxylic acids is 1. The first-order chi connectivity index (χ1) is 11.3. The van der Waals surface area contributed by atoms with Crippen LogP contribution >= 0.6 is 0 Å². The first-order valence-electron chi connectivity index (χ1n) is 9.39. The molecule has 2 fully saturated rings. The van der Waals surface area contributed by atoms with Gasteiger partial charge in [-0.1, -0.05) is 44.9 Å². The Morgan fingerprint density at radius 1 is 1.04 bits per heavy atom. The molecule has 2 N–H and O–H groups in total. The molecule has 23 heavy (non-hydrogen) atoms. The van der Waals surface area contributed by atoms with Gasteiger partial charge < -0.3 is 10.6 Å². The van der Waals surface area contributed by atoms with Gasteiger partial charge in [0.2, 0.25) is 5.91 Å². The first-order valence-corrected chi connectivity index (χ1v) is 9.39. The van der Waals surface area contributed by atoms with Crippen LogP contribution in [0.3, 0.4) is 0 Å². The van der Waals surface area contributed by atoms with E-state index in [1.165, 1.54) is 70.6 Å². The third-order valence-electron chi connectivity index (χ3n) is 5.26. The van der Waals surface area contributed by atoms with E-state index in [0.29, 0.717) is 18.6 Å². The maximum absolute atomic E-state index is 12.3. The second-order valence-corrected chi connectivity index (χ2v) is 7.07. The number of hydrogen-bond acceptors (Lipinski definition) is 3. The topological polar surface area (TPSA) is 59.0 Å². The van der Waals surface area contributed by atoms with E-state index in [1.807, 2.05) is 10.7 Å². The van der Waals surface area contributed by atoms with Gasteiger partial charge in [-0.2, -0.15) is 5.10 Å². The molecule has 0 spiro atoms. The van der Waals surface area contributed by atoms with E-state index in [2.05, 4.69) is 15.7 Å². The summed E-state index contributed by atoms with van der Waals surface area (Å²) in [7, 11) is 0. The summed E-state index contributed by atoms with van der Waals surface area (Å²) in [5, 5.41) is 10.9. The summed E-state index contributed by atoms with van der Waals surface area (Å²) in [6.07, 6.45) is 15.7. The highest BCUT2D eigenvalue weighted by Crippen LogP contribution is 2.31. The van der Waals surface area contributed by atoms with Crippen LogP contribution in [0.1, 0.15) is 76.7 Å². The van der Waals surface area contributed by atoms with Crippen LogP contribution in [0.25, 0.3) is 0 Å². The van der Waals surface area contributed by atoms with Gasteiger partial charge in [0.25, 0.3) is 0 Å². The minimum atomic E-state index is 0.0480. The highest BCUT2D eigenvalue weighted by atomic mass is 16.2. The number of amides is 1.